The lowest BCUT2D eigenvalue weighted by Crippen LogP contribution is -2.26. The zero-order chi connectivity index (χ0) is 9.26. The lowest BCUT2D eigenvalue weighted by molar-refractivity contribution is 0.254. The van der Waals surface area contributed by atoms with Crippen LogP contribution in [0.1, 0.15) is 26.0 Å². The number of nitrogens with one attached hydrogen (secondary N) is 1. The molecule has 1 aliphatic heterocycles. The summed E-state index contributed by atoms with van der Waals surface area (Å²) >= 11 is 0. The molecule has 1 saturated heterocycles. The average molecular weight is 179 g/mol. The summed E-state index contributed by atoms with van der Waals surface area (Å²) in [6, 6.07) is 0.721. The fourth-order valence-corrected chi connectivity index (χ4v) is 2.20. The normalized spacial score (nSPS) is 29.7. The van der Waals surface area contributed by atoms with Crippen molar-refractivity contribution in [2.24, 2.45) is 5.92 Å². The maximum absolute atomic E-state index is 4.03. The third-order valence-corrected chi connectivity index (χ3v) is 2.84. The predicted octanol–water partition coefficient (Wildman–Crippen LogP) is 1.64. The number of H-pyrrole nitrogens is 1. The second-order valence-electron chi connectivity index (χ2n) is 4.20. The molecule has 0 radical (unpaired) electrons. The van der Waals surface area contributed by atoms with Crippen molar-refractivity contribution in [3.8, 4) is 0 Å². The molecule has 2 heterocycles. The molecule has 1 N–H and O–H groups in total. The van der Waals surface area contributed by atoms with Crippen molar-refractivity contribution in [1.29, 1.82) is 0 Å². The topological polar surface area (TPSA) is 31.9 Å². The molecule has 1 aromatic heterocycles. The molecule has 2 rings (SSSR count). The minimum atomic E-state index is 0.721. The van der Waals surface area contributed by atoms with Crippen molar-refractivity contribution >= 4 is 0 Å². The number of likely N-dealkylation sites (tertiary alicyclic amines) is 1. The first-order chi connectivity index (χ1) is 6.25. The molecular formula is C10H17N3. The van der Waals surface area contributed by atoms with E-state index >= 15 is 0 Å². The highest BCUT2D eigenvalue weighted by molar-refractivity contribution is 4.96. The Kier molecular flexibility index (Phi) is 2.36. The van der Waals surface area contributed by atoms with Crippen LogP contribution in [0.4, 0.5) is 0 Å². The number of nitrogens with zero attached hydrogens (tertiary/aromatic N) is 2. The second kappa shape index (κ2) is 3.50. The van der Waals surface area contributed by atoms with Crippen LogP contribution in [-0.2, 0) is 6.54 Å². The second-order valence-corrected chi connectivity index (χ2v) is 4.20. The molecule has 2 unspecified atom stereocenters. The number of imidazole rings is 1. The van der Waals surface area contributed by atoms with Crippen LogP contribution >= 0.6 is 0 Å². The summed E-state index contributed by atoms with van der Waals surface area (Å²) in [4.78, 5) is 9.68. The summed E-state index contributed by atoms with van der Waals surface area (Å²) < 4.78 is 0. The molecule has 3 heteroatoms. The average Bonchev–Trinajstić information content (AvgIpc) is 2.63. The van der Waals surface area contributed by atoms with E-state index in [1.807, 2.05) is 6.20 Å². The number of aromatic amines is 1. The van der Waals surface area contributed by atoms with Crippen molar-refractivity contribution in [2.45, 2.75) is 32.9 Å². The maximum atomic E-state index is 4.03. The van der Waals surface area contributed by atoms with Crippen molar-refractivity contribution in [3.05, 3.63) is 18.2 Å². The standard InChI is InChI=1S/C10H17N3/c1-8-3-9(2)13(5-8)6-10-4-11-7-12-10/h4,7-9H,3,5-6H2,1-2H3,(H,11,12). The molecule has 1 aliphatic rings. The molecule has 1 fully saturated rings. The van der Waals surface area contributed by atoms with Gasteiger partial charge in [-0.1, -0.05) is 6.92 Å². The van der Waals surface area contributed by atoms with Gasteiger partial charge in [-0.2, -0.15) is 0 Å². The highest BCUT2D eigenvalue weighted by atomic mass is 15.2. The van der Waals surface area contributed by atoms with E-state index in [0.29, 0.717) is 0 Å². The van der Waals surface area contributed by atoms with Gasteiger partial charge in [0.25, 0.3) is 0 Å². The smallest absolute Gasteiger partial charge is 0.0922 e. The Morgan fingerprint density at radius 1 is 1.62 bits per heavy atom. The Hall–Kier alpha value is -0.830. The SMILES string of the molecule is CC1CC(C)N(Cc2cnc[nH]2)C1. The Morgan fingerprint density at radius 3 is 3.00 bits per heavy atom. The van der Waals surface area contributed by atoms with E-state index in [4.69, 9.17) is 0 Å². The molecule has 2 atom stereocenters. The first-order valence-corrected chi connectivity index (χ1v) is 4.97. The summed E-state index contributed by atoms with van der Waals surface area (Å²) in [6.07, 6.45) is 4.99. The fourth-order valence-electron chi connectivity index (χ4n) is 2.20. The summed E-state index contributed by atoms with van der Waals surface area (Å²) in [5.41, 5.74) is 1.22. The van der Waals surface area contributed by atoms with Crippen molar-refractivity contribution < 1.29 is 0 Å². The summed E-state index contributed by atoms with van der Waals surface area (Å²) in [7, 11) is 0. The van der Waals surface area contributed by atoms with Gasteiger partial charge in [0, 0.05) is 31.0 Å². The minimum Gasteiger partial charge on any atom is -0.347 e. The monoisotopic (exact) mass is 179 g/mol. The van der Waals surface area contributed by atoms with Gasteiger partial charge < -0.3 is 4.98 Å². The quantitative estimate of drug-likeness (QED) is 0.748. The van der Waals surface area contributed by atoms with Crippen molar-refractivity contribution in [1.82, 2.24) is 14.9 Å². The van der Waals surface area contributed by atoms with Crippen molar-refractivity contribution in [2.75, 3.05) is 6.54 Å². The zero-order valence-electron chi connectivity index (χ0n) is 8.33. The fraction of sp³-hybridized carbons (Fsp3) is 0.700. The highest BCUT2D eigenvalue weighted by Crippen LogP contribution is 2.23. The third-order valence-electron chi connectivity index (χ3n) is 2.84. The van der Waals surface area contributed by atoms with Crippen LogP contribution in [-0.4, -0.2) is 27.5 Å². The van der Waals surface area contributed by atoms with E-state index in [-0.39, 0.29) is 0 Å². The molecule has 0 saturated carbocycles. The van der Waals surface area contributed by atoms with E-state index in [1.165, 1.54) is 18.7 Å². The third kappa shape index (κ3) is 1.91. The van der Waals surface area contributed by atoms with Crippen LogP contribution in [0.25, 0.3) is 0 Å². The van der Waals surface area contributed by atoms with Gasteiger partial charge >= 0.3 is 0 Å². The number of aromatic nitrogens is 2. The van der Waals surface area contributed by atoms with E-state index in [9.17, 15) is 0 Å². The van der Waals surface area contributed by atoms with Crippen LogP contribution in [0.15, 0.2) is 12.5 Å². The molecule has 0 bridgehead atoms. The summed E-state index contributed by atoms with van der Waals surface area (Å²) in [5, 5.41) is 0. The van der Waals surface area contributed by atoms with Gasteiger partial charge in [0.2, 0.25) is 0 Å². The molecule has 0 amide bonds. The van der Waals surface area contributed by atoms with Crippen LogP contribution in [0.2, 0.25) is 0 Å². The minimum absolute atomic E-state index is 0.721. The molecule has 13 heavy (non-hydrogen) atoms. The molecule has 0 aromatic carbocycles. The van der Waals surface area contributed by atoms with Crippen molar-refractivity contribution in [3.63, 3.8) is 0 Å². The number of hydrogen-bond acceptors (Lipinski definition) is 2. The van der Waals surface area contributed by atoms with E-state index in [0.717, 1.165) is 18.5 Å². The van der Waals surface area contributed by atoms with Gasteiger partial charge in [0.1, 0.15) is 0 Å². The van der Waals surface area contributed by atoms with Crippen LogP contribution < -0.4 is 0 Å². The Labute approximate surface area is 79.2 Å². The molecule has 1 aromatic rings. The van der Waals surface area contributed by atoms with Crippen LogP contribution in [0, 0.1) is 5.92 Å². The number of rotatable bonds is 2. The molecule has 0 spiro atoms. The predicted molar refractivity (Wildman–Crippen MR) is 52.2 cm³/mol. The van der Waals surface area contributed by atoms with E-state index in [2.05, 4.69) is 28.7 Å². The maximum Gasteiger partial charge on any atom is 0.0922 e. The highest BCUT2D eigenvalue weighted by Gasteiger charge is 2.25. The Bertz CT molecular complexity index is 255. The van der Waals surface area contributed by atoms with Gasteiger partial charge in [-0.25, -0.2) is 4.98 Å². The Morgan fingerprint density at radius 2 is 2.46 bits per heavy atom. The largest absolute Gasteiger partial charge is 0.347 e. The van der Waals surface area contributed by atoms with Gasteiger partial charge in [0.05, 0.1) is 6.33 Å². The number of hydrogen-bond donors (Lipinski definition) is 1. The lowest BCUT2D eigenvalue weighted by atomic mass is 10.1. The zero-order valence-corrected chi connectivity index (χ0v) is 8.33. The Balaban J connectivity index is 1.95. The van der Waals surface area contributed by atoms with Gasteiger partial charge in [-0.15, -0.1) is 0 Å². The van der Waals surface area contributed by atoms with E-state index < -0.39 is 0 Å². The van der Waals surface area contributed by atoms with Crippen LogP contribution in [0.3, 0.4) is 0 Å². The van der Waals surface area contributed by atoms with E-state index in [1.54, 1.807) is 6.33 Å². The molecule has 3 nitrogen and oxygen atoms in total. The lowest BCUT2D eigenvalue weighted by Gasteiger charge is -2.19. The molecule has 72 valence electrons. The summed E-state index contributed by atoms with van der Waals surface area (Å²) in [5.74, 6) is 0.845. The van der Waals surface area contributed by atoms with Gasteiger partial charge in [0.15, 0.2) is 0 Å². The molecular weight excluding hydrogens is 162 g/mol. The van der Waals surface area contributed by atoms with Gasteiger partial charge in [-0.05, 0) is 19.3 Å². The van der Waals surface area contributed by atoms with Gasteiger partial charge in [-0.3, -0.25) is 4.90 Å². The first-order valence-electron chi connectivity index (χ1n) is 4.97. The summed E-state index contributed by atoms with van der Waals surface area (Å²) in [6.45, 7) is 6.87. The van der Waals surface area contributed by atoms with Crippen LogP contribution in [0.5, 0.6) is 0 Å². The molecule has 0 aliphatic carbocycles. The first kappa shape index (κ1) is 8.75.